The Kier molecular flexibility index (Phi) is 3.32. The quantitative estimate of drug-likeness (QED) is 0.527. The van der Waals surface area contributed by atoms with Gasteiger partial charge in [-0.25, -0.2) is 0 Å². The van der Waals surface area contributed by atoms with Gasteiger partial charge in [-0.3, -0.25) is 4.79 Å². The minimum Gasteiger partial charge on any atom is -0.368 e. The molecule has 45 valence electrons. The smallest absolute Gasteiger partial charge is 0.235 e. The Morgan fingerprint density at radius 3 is 2.25 bits per heavy atom. The molecular weight excluding hydrogens is 101 g/mol. The summed E-state index contributed by atoms with van der Waals surface area (Å²) in [5, 5.41) is 2.50. The van der Waals surface area contributed by atoms with Gasteiger partial charge in [0.05, 0.1) is 0 Å². The lowest BCUT2D eigenvalue weighted by atomic mass is 9.66. The van der Waals surface area contributed by atoms with Crippen molar-refractivity contribution < 1.29 is 4.79 Å². The van der Waals surface area contributed by atoms with Gasteiger partial charge in [0, 0.05) is 7.05 Å². The van der Waals surface area contributed by atoms with E-state index < -0.39 is 0 Å². The summed E-state index contributed by atoms with van der Waals surface area (Å²) in [6, 6.07) is 0. The predicted octanol–water partition coefficient (Wildman–Crippen LogP) is 0.858. The van der Waals surface area contributed by atoms with E-state index in [1.165, 1.54) is 0 Å². The average Bonchev–Trinajstić information content (AvgIpc) is 1.65. The molecule has 0 fully saturated rings. The first-order chi connectivity index (χ1) is 3.66. The van der Waals surface area contributed by atoms with Gasteiger partial charge in [-0.05, 0) is 0 Å². The number of carbonyl (C=O) groups excluding carboxylic acids is 1. The highest BCUT2D eigenvalue weighted by Crippen LogP contribution is 1.95. The van der Waals surface area contributed by atoms with E-state index in [4.69, 9.17) is 0 Å². The normalized spacial score (nSPS) is 9.00. The largest absolute Gasteiger partial charge is 0.368 e. The number of hydrogen-bond acceptors (Lipinski definition) is 1. The molecule has 1 radical (unpaired) electrons. The second-order valence-corrected chi connectivity index (χ2v) is 2.02. The van der Waals surface area contributed by atoms with E-state index in [2.05, 4.69) is 5.32 Å². The van der Waals surface area contributed by atoms with Crippen molar-refractivity contribution in [1.82, 2.24) is 5.32 Å². The van der Waals surface area contributed by atoms with Crippen molar-refractivity contribution >= 4 is 13.1 Å². The number of hydrogen-bond donors (Lipinski definition) is 1. The van der Waals surface area contributed by atoms with Crippen LogP contribution in [0.3, 0.4) is 0 Å². The Bertz CT molecular complexity index is 82.5. The van der Waals surface area contributed by atoms with Crippen LogP contribution in [0.5, 0.6) is 0 Å². The maximum Gasteiger partial charge on any atom is 0.235 e. The zero-order valence-corrected chi connectivity index (χ0v) is 5.56. The number of amides is 1. The summed E-state index contributed by atoms with van der Waals surface area (Å²) in [6.07, 6.45) is 0. The summed E-state index contributed by atoms with van der Waals surface area (Å²) in [5.74, 6) is 0.343. The van der Waals surface area contributed by atoms with Gasteiger partial charge in [-0.15, -0.1) is 0 Å². The standard InChI is InChI=1S/C5H11BNO/c1-4(2)6-5(8)7-3/h4H,1-3H3,(H,7,8). The molecule has 0 rings (SSSR count). The van der Waals surface area contributed by atoms with Crippen molar-refractivity contribution in [3.8, 4) is 0 Å². The fourth-order valence-electron chi connectivity index (χ4n) is 0.386. The molecule has 0 atom stereocenters. The summed E-state index contributed by atoms with van der Waals surface area (Å²) in [7, 11) is 3.27. The van der Waals surface area contributed by atoms with Crippen LogP contribution in [0.15, 0.2) is 0 Å². The molecule has 0 saturated heterocycles. The van der Waals surface area contributed by atoms with Crippen LogP contribution in [0, 0.1) is 0 Å². The van der Waals surface area contributed by atoms with Crippen LogP contribution in [0.4, 0.5) is 4.79 Å². The third kappa shape index (κ3) is 3.72. The van der Waals surface area contributed by atoms with Gasteiger partial charge < -0.3 is 5.32 Å². The summed E-state index contributed by atoms with van der Waals surface area (Å²) in [4.78, 5) is 10.5. The van der Waals surface area contributed by atoms with Gasteiger partial charge in [0.25, 0.3) is 0 Å². The zero-order valence-electron chi connectivity index (χ0n) is 5.56. The van der Waals surface area contributed by atoms with Gasteiger partial charge in [-0.2, -0.15) is 0 Å². The topological polar surface area (TPSA) is 29.1 Å². The highest BCUT2D eigenvalue weighted by molar-refractivity contribution is 6.74. The molecule has 0 unspecified atom stereocenters. The lowest BCUT2D eigenvalue weighted by Crippen LogP contribution is -2.24. The summed E-state index contributed by atoms with van der Waals surface area (Å²) < 4.78 is 0. The van der Waals surface area contributed by atoms with Crippen molar-refractivity contribution in [2.45, 2.75) is 19.7 Å². The number of rotatable bonds is 2. The SMILES string of the molecule is CNC(=O)[B]C(C)C. The monoisotopic (exact) mass is 112 g/mol. The van der Waals surface area contributed by atoms with Crippen molar-refractivity contribution in [2.24, 2.45) is 0 Å². The minimum atomic E-state index is 0.000000000000000222. The van der Waals surface area contributed by atoms with E-state index in [9.17, 15) is 4.79 Å². The molecule has 0 aromatic rings. The Balaban J connectivity index is 3.25. The molecule has 0 heterocycles. The molecule has 0 aliphatic heterocycles. The van der Waals surface area contributed by atoms with Crippen molar-refractivity contribution in [3.63, 3.8) is 0 Å². The van der Waals surface area contributed by atoms with Crippen LogP contribution in [0.2, 0.25) is 5.82 Å². The number of nitrogens with one attached hydrogen (secondary N) is 1. The van der Waals surface area contributed by atoms with E-state index in [0.29, 0.717) is 5.82 Å². The third-order valence-corrected chi connectivity index (χ3v) is 0.731. The molecule has 8 heavy (non-hydrogen) atoms. The van der Waals surface area contributed by atoms with Crippen LogP contribution < -0.4 is 5.32 Å². The summed E-state index contributed by atoms with van der Waals surface area (Å²) in [5.41, 5.74) is 0. The van der Waals surface area contributed by atoms with Crippen LogP contribution in [-0.2, 0) is 0 Å². The average molecular weight is 112 g/mol. The Labute approximate surface area is 50.9 Å². The Morgan fingerprint density at radius 1 is 1.62 bits per heavy atom. The number of carbonyl (C=O) groups is 1. The molecule has 0 aliphatic rings. The lowest BCUT2D eigenvalue weighted by Gasteiger charge is -1.98. The second kappa shape index (κ2) is 3.53. The highest BCUT2D eigenvalue weighted by Gasteiger charge is 2.02. The van der Waals surface area contributed by atoms with E-state index in [-0.39, 0.29) is 5.81 Å². The highest BCUT2D eigenvalue weighted by atomic mass is 16.1. The van der Waals surface area contributed by atoms with Gasteiger partial charge in [-0.1, -0.05) is 19.7 Å². The van der Waals surface area contributed by atoms with E-state index in [1.54, 1.807) is 14.3 Å². The van der Waals surface area contributed by atoms with Crippen molar-refractivity contribution in [3.05, 3.63) is 0 Å². The molecule has 2 nitrogen and oxygen atoms in total. The van der Waals surface area contributed by atoms with Crippen molar-refractivity contribution in [1.29, 1.82) is 0 Å². The first-order valence-corrected chi connectivity index (χ1v) is 2.73. The maximum absolute atomic E-state index is 10.5. The van der Waals surface area contributed by atoms with Gasteiger partial charge in [0.1, 0.15) is 0 Å². The second-order valence-electron chi connectivity index (χ2n) is 2.02. The molecular formula is C5H11BNO. The van der Waals surface area contributed by atoms with Crippen LogP contribution in [0.25, 0.3) is 0 Å². The summed E-state index contributed by atoms with van der Waals surface area (Å²) in [6.45, 7) is 3.94. The molecule has 0 aromatic carbocycles. The molecule has 0 saturated carbocycles. The zero-order chi connectivity index (χ0) is 6.57. The predicted molar refractivity (Wildman–Crippen MR) is 35.3 cm³/mol. The van der Waals surface area contributed by atoms with Crippen LogP contribution in [-0.4, -0.2) is 20.1 Å². The fourth-order valence-corrected chi connectivity index (χ4v) is 0.386. The first kappa shape index (κ1) is 7.53. The summed E-state index contributed by atoms with van der Waals surface area (Å²) >= 11 is 0. The molecule has 0 spiro atoms. The Hall–Kier alpha value is -0.465. The van der Waals surface area contributed by atoms with Gasteiger partial charge in [0.15, 0.2) is 5.81 Å². The maximum atomic E-state index is 10.5. The molecule has 0 aliphatic carbocycles. The van der Waals surface area contributed by atoms with E-state index in [1.807, 2.05) is 13.8 Å². The van der Waals surface area contributed by atoms with Crippen LogP contribution in [0.1, 0.15) is 13.8 Å². The molecule has 1 N–H and O–H groups in total. The lowest BCUT2D eigenvalue weighted by molar-refractivity contribution is 0.260. The third-order valence-electron chi connectivity index (χ3n) is 0.731. The fraction of sp³-hybridized carbons (Fsp3) is 0.800. The van der Waals surface area contributed by atoms with E-state index in [0.717, 1.165) is 0 Å². The van der Waals surface area contributed by atoms with Gasteiger partial charge in [0.2, 0.25) is 7.28 Å². The molecule has 0 bridgehead atoms. The molecule has 0 aromatic heterocycles. The molecule has 1 amide bonds. The van der Waals surface area contributed by atoms with E-state index >= 15 is 0 Å². The van der Waals surface area contributed by atoms with Crippen LogP contribution >= 0.6 is 0 Å². The van der Waals surface area contributed by atoms with Crippen molar-refractivity contribution in [2.75, 3.05) is 7.05 Å². The Morgan fingerprint density at radius 2 is 2.12 bits per heavy atom. The minimum absolute atomic E-state index is 0.000000000000000222. The van der Waals surface area contributed by atoms with Gasteiger partial charge >= 0.3 is 0 Å². The first-order valence-electron chi connectivity index (χ1n) is 2.73. The molecule has 3 heteroatoms.